The Bertz CT molecular complexity index is 321. The second-order valence-corrected chi connectivity index (χ2v) is 5.56. The lowest BCUT2D eigenvalue weighted by molar-refractivity contribution is -0.143. The molecule has 0 amide bonds. The fourth-order valence-electron chi connectivity index (χ4n) is 2.89. The van der Waals surface area contributed by atoms with Crippen LogP contribution in [0, 0.1) is 0 Å². The molecule has 0 radical (unpaired) electrons. The van der Waals surface area contributed by atoms with Gasteiger partial charge in [0, 0.05) is 19.1 Å². The molecule has 0 heterocycles. The van der Waals surface area contributed by atoms with E-state index in [9.17, 15) is 9.90 Å². The van der Waals surface area contributed by atoms with Gasteiger partial charge in [-0.3, -0.25) is 14.7 Å². The Morgan fingerprint density at radius 3 is 2.40 bits per heavy atom. The van der Waals surface area contributed by atoms with Crippen molar-refractivity contribution in [2.75, 3.05) is 13.1 Å². The molecule has 1 atom stereocenters. The molecule has 0 unspecified atom stereocenters. The van der Waals surface area contributed by atoms with Crippen molar-refractivity contribution in [3.8, 4) is 0 Å². The number of hydrogen-bond acceptors (Lipinski definition) is 3. The monoisotopic (exact) mass is 284 g/mol. The van der Waals surface area contributed by atoms with E-state index < -0.39 is 12.0 Å². The second-order valence-electron chi connectivity index (χ2n) is 5.56. The van der Waals surface area contributed by atoms with Crippen LogP contribution in [0.15, 0.2) is 4.99 Å². The first-order valence-electron chi connectivity index (χ1n) is 7.56. The summed E-state index contributed by atoms with van der Waals surface area (Å²) in [7, 11) is 0. The smallest absolute Gasteiger partial charge is 0.320 e. The minimum absolute atomic E-state index is 0.0947. The number of carboxylic acids is 1. The van der Waals surface area contributed by atoms with Crippen LogP contribution in [-0.4, -0.2) is 47.1 Å². The summed E-state index contributed by atoms with van der Waals surface area (Å²) in [4.78, 5) is 17.4. The van der Waals surface area contributed by atoms with E-state index in [-0.39, 0.29) is 5.96 Å². The molecule has 6 nitrogen and oxygen atoms in total. The SMILES string of the molecule is C[C@@H](C(=O)O)N(CCCN=C(N)N)C1CCCCCC1. The highest BCUT2D eigenvalue weighted by atomic mass is 16.4. The van der Waals surface area contributed by atoms with Crippen molar-refractivity contribution in [2.24, 2.45) is 16.5 Å². The fraction of sp³-hybridized carbons (Fsp3) is 0.857. The van der Waals surface area contributed by atoms with Gasteiger partial charge >= 0.3 is 5.97 Å². The Kier molecular flexibility index (Phi) is 7.36. The highest BCUT2D eigenvalue weighted by Crippen LogP contribution is 2.23. The normalized spacial score (nSPS) is 18.5. The summed E-state index contributed by atoms with van der Waals surface area (Å²) in [6, 6.07) is -0.0693. The Morgan fingerprint density at radius 1 is 1.30 bits per heavy atom. The maximum atomic E-state index is 11.3. The Labute approximate surface area is 121 Å². The largest absolute Gasteiger partial charge is 0.480 e. The molecule has 6 heteroatoms. The van der Waals surface area contributed by atoms with Gasteiger partial charge in [0.05, 0.1) is 0 Å². The van der Waals surface area contributed by atoms with E-state index in [0.29, 0.717) is 12.6 Å². The first-order chi connectivity index (χ1) is 9.52. The number of aliphatic imine (C=N–C) groups is 1. The Hall–Kier alpha value is -1.30. The molecule has 1 rings (SSSR count). The molecular weight excluding hydrogens is 256 g/mol. The summed E-state index contributed by atoms with van der Waals surface area (Å²) in [6.45, 7) is 3.06. The first-order valence-corrected chi connectivity index (χ1v) is 7.56. The molecule has 0 bridgehead atoms. The first kappa shape index (κ1) is 16.8. The molecule has 1 saturated carbocycles. The van der Waals surface area contributed by atoms with Crippen LogP contribution in [0.25, 0.3) is 0 Å². The van der Waals surface area contributed by atoms with Crippen LogP contribution in [0.5, 0.6) is 0 Å². The number of nitrogens with two attached hydrogens (primary N) is 2. The van der Waals surface area contributed by atoms with Gasteiger partial charge in [0.15, 0.2) is 5.96 Å². The number of carbonyl (C=O) groups is 1. The summed E-state index contributed by atoms with van der Waals surface area (Å²) in [5.41, 5.74) is 10.6. The maximum absolute atomic E-state index is 11.3. The standard InChI is InChI=1S/C14H28N4O2/c1-11(13(19)20)18(10-6-9-17-14(15)16)12-7-4-2-3-5-8-12/h11-12H,2-10H2,1H3,(H,19,20)(H4,15,16,17)/t11-/m0/s1. The van der Waals surface area contributed by atoms with Gasteiger partial charge in [-0.05, 0) is 26.2 Å². The zero-order chi connectivity index (χ0) is 15.0. The van der Waals surface area contributed by atoms with Gasteiger partial charge < -0.3 is 16.6 Å². The molecule has 0 aliphatic heterocycles. The zero-order valence-corrected chi connectivity index (χ0v) is 12.4. The number of nitrogens with zero attached hydrogens (tertiary/aromatic N) is 2. The van der Waals surface area contributed by atoms with Gasteiger partial charge in [0.2, 0.25) is 0 Å². The maximum Gasteiger partial charge on any atom is 0.320 e. The Balaban J connectivity index is 2.58. The topological polar surface area (TPSA) is 105 Å². The third kappa shape index (κ3) is 5.77. The number of guanidine groups is 1. The van der Waals surface area contributed by atoms with E-state index in [1.165, 1.54) is 25.7 Å². The molecule has 0 spiro atoms. The van der Waals surface area contributed by atoms with E-state index >= 15 is 0 Å². The quantitative estimate of drug-likeness (QED) is 0.281. The minimum atomic E-state index is -0.754. The lowest BCUT2D eigenvalue weighted by Gasteiger charge is -2.34. The zero-order valence-electron chi connectivity index (χ0n) is 12.4. The van der Waals surface area contributed by atoms with Gasteiger partial charge in [0.1, 0.15) is 6.04 Å². The molecule has 1 fully saturated rings. The number of aliphatic carboxylic acids is 1. The third-order valence-corrected chi connectivity index (χ3v) is 4.02. The number of carboxylic acid groups (broad SMARTS) is 1. The van der Waals surface area contributed by atoms with Crippen molar-refractivity contribution in [3.63, 3.8) is 0 Å². The lowest BCUT2D eigenvalue weighted by atomic mass is 10.0. The van der Waals surface area contributed by atoms with Gasteiger partial charge in [-0.2, -0.15) is 0 Å². The highest BCUT2D eigenvalue weighted by Gasteiger charge is 2.27. The molecule has 5 N–H and O–H groups in total. The van der Waals surface area contributed by atoms with Crippen LogP contribution >= 0.6 is 0 Å². The minimum Gasteiger partial charge on any atom is -0.480 e. The van der Waals surface area contributed by atoms with Crippen molar-refractivity contribution in [1.82, 2.24) is 4.90 Å². The van der Waals surface area contributed by atoms with Crippen LogP contribution < -0.4 is 11.5 Å². The van der Waals surface area contributed by atoms with Crippen molar-refractivity contribution in [1.29, 1.82) is 0 Å². The predicted octanol–water partition coefficient (Wildman–Crippen LogP) is 1.15. The highest BCUT2D eigenvalue weighted by molar-refractivity contribution is 5.75. The summed E-state index contributed by atoms with van der Waals surface area (Å²) in [5, 5.41) is 9.29. The molecule has 1 aliphatic rings. The second kappa shape index (κ2) is 8.79. The van der Waals surface area contributed by atoms with E-state index in [0.717, 1.165) is 25.8 Å². The van der Waals surface area contributed by atoms with E-state index in [2.05, 4.69) is 9.89 Å². The van der Waals surface area contributed by atoms with Crippen LogP contribution in [0.2, 0.25) is 0 Å². The fourth-order valence-corrected chi connectivity index (χ4v) is 2.89. The predicted molar refractivity (Wildman–Crippen MR) is 80.6 cm³/mol. The van der Waals surface area contributed by atoms with Crippen molar-refractivity contribution < 1.29 is 9.90 Å². The van der Waals surface area contributed by atoms with Crippen LogP contribution in [0.1, 0.15) is 51.9 Å². The lowest BCUT2D eigenvalue weighted by Crippen LogP contribution is -2.46. The molecule has 116 valence electrons. The average molecular weight is 284 g/mol. The number of rotatable bonds is 7. The molecule has 0 saturated heterocycles. The molecule has 20 heavy (non-hydrogen) atoms. The molecule has 0 aromatic rings. The van der Waals surface area contributed by atoms with Crippen molar-refractivity contribution in [2.45, 2.75) is 64.0 Å². The third-order valence-electron chi connectivity index (χ3n) is 4.02. The van der Waals surface area contributed by atoms with Crippen LogP contribution in [0.3, 0.4) is 0 Å². The van der Waals surface area contributed by atoms with Crippen molar-refractivity contribution in [3.05, 3.63) is 0 Å². The number of hydrogen-bond donors (Lipinski definition) is 3. The summed E-state index contributed by atoms with van der Waals surface area (Å²) in [5.74, 6) is -0.659. The van der Waals surface area contributed by atoms with Gasteiger partial charge in [-0.15, -0.1) is 0 Å². The van der Waals surface area contributed by atoms with Crippen LogP contribution in [0.4, 0.5) is 0 Å². The van der Waals surface area contributed by atoms with E-state index in [1.807, 2.05) is 0 Å². The van der Waals surface area contributed by atoms with Gasteiger partial charge in [0.25, 0.3) is 0 Å². The van der Waals surface area contributed by atoms with E-state index in [1.54, 1.807) is 6.92 Å². The van der Waals surface area contributed by atoms with E-state index in [4.69, 9.17) is 11.5 Å². The Morgan fingerprint density at radius 2 is 1.90 bits per heavy atom. The summed E-state index contributed by atoms with van der Waals surface area (Å²) in [6.07, 6.45) is 7.90. The molecular formula is C14H28N4O2. The molecule has 0 aromatic heterocycles. The summed E-state index contributed by atoms with van der Waals surface area (Å²) >= 11 is 0. The summed E-state index contributed by atoms with van der Waals surface area (Å²) < 4.78 is 0. The molecule has 1 aliphatic carbocycles. The van der Waals surface area contributed by atoms with Crippen molar-refractivity contribution >= 4 is 11.9 Å². The van der Waals surface area contributed by atoms with Gasteiger partial charge in [-0.25, -0.2) is 0 Å². The molecule has 0 aromatic carbocycles. The average Bonchev–Trinajstić information content (AvgIpc) is 2.66. The van der Waals surface area contributed by atoms with Crippen LogP contribution in [-0.2, 0) is 4.79 Å². The van der Waals surface area contributed by atoms with Gasteiger partial charge in [-0.1, -0.05) is 25.7 Å².